The maximum absolute atomic E-state index is 5.95. The summed E-state index contributed by atoms with van der Waals surface area (Å²) >= 11 is 1.72. The van der Waals surface area contributed by atoms with Crippen LogP contribution in [-0.4, -0.2) is 30.8 Å². The highest BCUT2D eigenvalue weighted by Crippen LogP contribution is 2.14. The molecule has 1 rings (SSSR count). The zero-order chi connectivity index (χ0) is 12.7. The molecule has 1 heterocycles. The summed E-state index contributed by atoms with van der Waals surface area (Å²) < 4.78 is 5.95. The van der Waals surface area contributed by atoms with Crippen molar-refractivity contribution in [3.05, 3.63) is 16.1 Å². The number of nitrogens with zero attached hydrogens (tertiary/aromatic N) is 1. The molecule has 0 amide bonds. The second kappa shape index (κ2) is 7.80. The molecular formula is C13H24N2OS. The Labute approximate surface area is 109 Å². The highest BCUT2D eigenvalue weighted by Gasteiger charge is 2.13. The largest absolute Gasteiger partial charge is 0.376 e. The van der Waals surface area contributed by atoms with Gasteiger partial charge in [-0.05, 0) is 19.4 Å². The van der Waals surface area contributed by atoms with E-state index in [1.165, 1.54) is 4.88 Å². The predicted octanol–water partition coefficient (Wildman–Crippen LogP) is 2.64. The van der Waals surface area contributed by atoms with Gasteiger partial charge in [0.2, 0.25) is 0 Å². The molecule has 3 nitrogen and oxygen atoms in total. The van der Waals surface area contributed by atoms with Crippen molar-refractivity contribution < 1.29 is 4.74 Å². The molecule has 4 heteroatoms. The summed E-state index contributed by atoms with van der Waals surface area (Å²) in [5.74, 6) is 0.552. The van der Waals surface area contributed by atoms with E-state index in [9.17, 15) is 0 Å². The molecular weight excluding hydrogens is 232 g/mol. The maximum atomic E-state index is 5.95. The third kappa shape index (κ3) is 5.15. The Morgan fingerprint density at radius 1 is 1.47 bits per heavy atom. The molecule has 1 atom stereocenters. The monoisotopic (exact) mass is 256 g/mol. The third-order valence-corrected chi connectivity index (χ3v) is 3.84. The molecule has 0 aliphatic rings. The second-order valence-corrected chi connectivity index (χ2v) is 5.51. The highest BCUT2D eigenvalue weighted by molar-refractivity contribution is 7.09. The average Bonchev–Trinajstić information content (AvgIpc) is 2.69. The van der Waals surface area contributed by atoms with E-state index >= 15 is 0 Å². The Kier molecular flexibility index (Phi) is 6.70. The van der Waals surface area contributed by atoms with Crippen LogP contribution in [0.1, 0.15) is 31.3 Å². The fourth-order valence-electron chi connectivity index (χ4n) is 1.64. The summed E-state index contributed by atoms with van der Waals surface area (Å²) in [7, 11) is 0. The number of thiazole rings is 1. The molecule has 1 aromatic rings. The minimum atomic E-state index is 0.308. The third-order valence-electron chi connectivity index (χ3n) is 2.85. The van der Waals surface area contributed by atoms with E-state index in [0.717, 1.165) is 31.8 Å². The topological polar surface area (TPSA) is 34.1 Å². The molecule has 0 spiro atoms. The lowest BCUT2D eigenvalue weighted by Crippen LogP contribution is -2.33. The van der Waals surface area contributed by atoms with Crippen molar-refractivity contribution in [1.29, 1.82) is 0 Å². The molecule has 17 heavy (non-hydrogen) atoms. The number of hydrogen-bond acceptors (Lipinski definition) is 4. The van der Waals surface area contributed by atoms with E-state index in [2.05, 4.69) is 38.0 Å². The Balaban J connectivity index is 2.29. The number of nitrogens with one attached hydrogen (secondary N) is 1. The lowest BCUT2D eigenvalue weighted by molar-refractivity contribution is 0.0253. The van der Waals surface area contributed by atoms with Crippen molar-refractivity contribution in [1.82, 2.24) is 10.3 Å². The van der Waals surface area contributed by atoms with Gasteiger partial charge in [0, 0.05) is 17.8 Å². The summed E-state index contributed by atoms with van der Waals surface area (Å²) in [4.78, 5) is 5.59. The van der Waals surface area contributed by atoms with E-state index in [-0.39, 0.29) is 0 Å². The van der Waals surface area contributed by atoms with Crippen LogP contribution in [0.3, 0.4) is 0 Å². The molecule has 0 aromatic carbocycles. The number of ether oxygens (including phenoxy) is 1. The molecule has 0 aliphatic carbocycles. The normalized spacial score (nSPS) is 13.2. The van der Waals surface area contributed by atoms with Gasteiger partial charge in [-0.25, -0.2) is 4.98 Å². The van der Waals surface area contributed by atoms with Crippen LogP contribution in [0.5, 0.6) is 0 Å². The van der Waals surface area contributed by atoms with Gasteiger partial charge in [0.1, 0.15) is 0 Å². The fraction of sp³-hybridized carbons (Fsp3) is 0.769. The van der Waals surface area contributed by atoms with Crippen LogP contribution in [0.2, 0.25) is 0 Å². The summed E-state index contributed by atoms with van der Waals surface area (Å²) in [5.41, 5.74) is 3.05. The SMILES string of the molecule is CCNCC(OCCc1scnc1C)C(C)C. The van der Waals surface area contributed by atoms with Crippen molar-refractivity contribution in [2.75, 3.05) is 19.7 Å². The molecule has 0 fully saturated rings. The summed E-state index contributed by atoms with van der Waals surface area (Å²) in [5, 5.41) is 3.35. The van der Waals surface area contributed by atoms with Gasteiger partial charge in [0.25, 0.3) is 0 Å². The van der Waals surface area contributed by atoms with Crippen molar-refractivity contribution in [2.45, 2.75) is 40.2 Å². The van der Waals surface area contributed by atoms with E-state index in [1.807, 2.05) is 5.51 Å². The van der Waals surface area contributed by atoms with Gasteiger partial charge in [0.15, 0.2) is 0 Å². The van der Waals surface area contributed by atoms with E-state index in [1.54, 1.807) is 11.3 Å². The maximum Gasteiger partial charge on any atom is 0.0797 e. The van der Waals surface area contributed by atoms with Crippen LogP contribution < -0.4 is 5.32 Å². The minimum absolute atomic E-state index is 0.308. The zero-order valence-electron chi connectivity index (χ0n) is 11.3. The number of likely N-dealkylation sites (N-methyl/N-ethyl adjacent to an activating group) is 1. The Morgan fingerprint density at radius 3 is 2.76 bits per heavy atom. The molecule has 1 unspecified atom stereocenters. The number of hydrogen-bond donors (Lipinski definition) is 1. The van der Waals surface area contributed by atoms with E-state index in [0.29, 0.717) is 12.0 Å². The molecule has 0 bridgehead atoms. The lowest BCUT2D eigenvalue weighted by Gasteiger charge is -2.21. The van der Waals surface area contributed by atoms with E-state index < -0.39 is 0 Å². The number of aryl methyl sites for hydroxylation is 1. The van der Waals surface area contributed by atoms with Crippen LogP contribution in [0.15, 0.2) is 5.51 Å². The second-order valence-electron chi connectivity index (χ2n) is 4.57. The van der Waals surface area contributed by atoms with Gasteiger partial charge in [-0.15, -0.1) is 11.3 Å². The Bertz CT molecular complexity index is 312. The Hall–Kier alpha value is -0.450. The van der Waals surface area contributed by atoms with Crippen LogP contribution in [0, 0.1) is 12.8 Å². The van der Waals surface area contributed by atoms with E-state index in [4.69, 9.17) is 4.74 Å². The highest BCUT2D eigenvalue weighted by atomic mass is 32.1. The van der Waals surface area contributed by atoms with Gasteiger partial charge in [-0.1, -0.05) is 20.8 Å². The van der Waals surface area contributed by atoms with Crippen LogP contribution in [0.4, 0.5) is 0 Å². The molecule has 98 valence electrons. The first kappa shape index (κ1) is 14.6. The van der Waals surface area contributed by atoms with Crippen LogP contribution in [-0.2, 0) is 11.2 Å². The van der Waals surface area contributed by atoms with Gasteiger partial charge < -0.3 is 10.1 Å². The molecule has 0 saturated carbocycles. The van der Waals surface area contributed by atoms with Crippen LogP contribution >= 0.6 is 11.3 Å². The summed E-state index contributed by atoms with van der Waals surface area (Å²) in [6.45, 7) is 11.3. The fourth-order valence-corrected chi connectivity index (χ4v) is 2.41. The average molecular weight is 256 g/mol. The van der Waals surface area contributed by atoms with Gasteiger partial charge in [-0.3, -0.25) is 0 Å². The number of aromatic nitrogens is 1. The van der Waals surface area contributed by atoms with Crippen molar-refractivity contribution >= 4 is 11.3 Å². The lowest BCUT2D eigenvalue weighted by atomic mass is 10.1. The molecule has 0 radical (unpaired) electrons. The van der Waals surface area contributed by atoms with Crippen molar-refractivity contribution in [3.8, 4) is 0 Å². The molecule has 0 saturated heterocycles. The number of rotatable bonds is 8. The Morgan fingerprint density at radius 2 is 2.24 bits per heavy atom. The summed E-state index contributed by atoms with van der Waals surface area (Å²) in [6, 6.07) is 0. The predicted molar refractivity (Wildman–Crippen MR) is 73.7 cm³/mol. The molecule has 1 N–H and O–H groups in total. The van der Waals surface area contributed by atoms with Crippen molar-refractivity contribution in [3.63, 3.8) is 0 Å². The quantitative estimate of drug-likeness (QED) is 0.776. The minimum Gasteiger partial charge on any atom is -0.376 e. The molecule has 0 aliphatic heterocycles. The zero-order valence-corrected chi connectivity index (χ0v) is 12.1. The van der Waals surface area contributed by atoms with Gasteiger partial charge in [-0.2, -0.15) is 0 Å². The summed E-state index contributed by atoms with van der Waals surface area (Å²) in [6.07, 6.45) is 1.29. The first-order valence-electron chi connectivity index (χ1n) is 6.36. The standard InChI is InChI=1S/C13H24N2OS/c1-5-14-8-12(10(2)3)16-7-6-13-11(4)15-9-17-13/h9-10,12,14H,5-8H2,1-4H3. The first-order valence-corrected chi connectivity index (χ1v) is 7.24. The van der Waals surface area contributed by atoms with Crippen LogP contribution in [0.25, 0.3) is 0 Å². The van der Waals surface area contributed by atoms with Gasteiger partial charge >= 0.3 is 0 Å². The van der Waals surface area contributed by atoms with Crippen molar-refractivity contribution in [2.24, 2.45) is 5.92 Å². The smallest absolute Gasteiger partial charge is 0.0797 e. The first-order chi connectivity index (χ1) is 8.15. The molecule has 1 aromatic heterocycles. The van der Waals surface area contributed by atoms with Gasteiger partial charge in [0.05, 0.1) is 23.9 Å².